The second-order valence-corrected chi connectivity index (χ2v) is 3.03. The van der Waals surface area contributed by atoms with E-state index in [0.29, 0.717) is 6.42 Å². The highest BCUT2D eigenvalue weighted by molar-refractivity contribution is 5.73. The summed E-state index contributed by atoms with van der Waals surface area (Å²) in [7, 11) is 0. The zero-order chi connectivity index (χ0) is 9.30. The van der Waals surface area contributed by atoms with Crippen LogP contribution in [0.1, 0.15) is 12.8 Å². The minimum Gasteiger partial charge on any atom is -0.480 e. The predicted octanol–water partition coefficient (Wildman–Crippen LogP) is -0.546. The van der Waals surface area contributed by atoms with E-state index in [2.05, 4.69) is 0 Å². The zero-order valence-electron chi connectivity index (χ0n) is 6.34. The molecule has 0 aromatic rings. The molecule has 1 rings (SSSR count). The van der Waals surface area contributed by atoms with Gasteiger partial charge in [0.1, 0.15) is 6.04 Å². The van der Waals surface area contributed by atoms with Crippen LogP contribution in [0.15, 0.2) is 0 Å². The molecule has 6 heteroatoms. The van der Waals surface area contributed by atoms with Crippen molar-refractivity contribution in [2.24, 2.45) is 11.7 Å². The Labute approximate surface area is 68.5 Å². The summed E-state index contributed by atoms with van der Waals surface area (Å²) >= 11 is 0. The van der Waals surface area contributed by atoms with E-state index in [-0.39, 0.29) is 17.3 Å². The minimum atomic E-state index is -1.09. The number of nitrogens with zero attached hydrogens (tertiary/aromatic N) is 1. The van der Waals surface area contributed by atoms with Crippen LogP contribution < -0.4 is 5.73 Å². The smallest absolute Gasteiger partial charge is 0.320 e. The summed E-state index contributed by atoms with van der Waals surface area (Å²) < 4.78 is 0. The Hall–Kier alpha value is -1.17. The fourth-order valence-corrected chi connectivity index (χ4v) is 1.17. The van der Waals surface area contributed by atoms with Gasteiger partial charge < -0.3 is 10.8 Å². The summed E-state index contributed by atoms with van der Waals surface area (Å²) in [6.45, 7) is 0. The molecule has 12 heavy (non-hydrogen) atoms. The molecule has 0 bridgehead atoms. The quantitative estimate of drug-likeness (QED) is 0.439. The Morgan fingerprint density at radius 3 is 2.75 bits per heavy atom. The van der Waals surface area contributed by atoms with Crippen molar-refractivity contribution in [2.75, 3.05) is 0 Å². The third-order valence-corrected chi connectivity index (χ3v) is 2.03. The van der Waals surface area contributed by atoms with E-state index in [4.69, 9.17) is 10.8 Å². The van der Waals surface area contributed by atoms with Gasteiger partial charge in [-0.2, -0.15) is 0 Å². The van der Waals surface area contributed by atoms with E-state index >= 15 is 0 Å². The van der Waals surface area contributed by atoms with Gasteiger partial charge in [-0.05, 0) is 6.42 Å². The van der Waals surface area contributed by atoms with Crippen molar-refractivity contribution >= 4 is 5.97 Å². The lowest BCUT2D eigenvalue weighted by atomic mass is 10.1. The van der Waals surface area contributed by atoms with Crippen LogP contribution in [0.5, 0.6) is 0 Å². The first-order chi connectivity index (χ1) is 5.52. The molecule has 1 fully saturated rings. The molecule has 0 saturated heterocycles. The van der Waals surface area contributed by atoms with Crippen molar-refractivity contribution in [3.05, 3.63) is 10.1 Å². The summed E-state index contributed by atoms with van der Waals surface area (Å²) in [6.07, 6.45) is 0.676. The Morgan fingerprint density at radius 1 is 1.83 bits per heavy atom. The van der Waals surface area contributed by atoms with E-state index in [1.165, 1.54) is 0 Å². The molecule has 6 nitrogen and oxygen atoms in total. The van der Waals surface area contributed by atoms with Gasteiger partial charge in [0.15, 0.2) is 0 Å². The van der Waals surface area contributed by atoms with Gasteiger partial charge in [0.25, 0.3) is 0 Å². The number of hydrogen-bond donors (Lipinski definition) is 2. The summed E-state index contributed by atoms with van der Waals surface area (Å²) in [5.74, 6) is -1.23. The van der Waals surface area contributed by atoms with Gasteiger partial charge in [0, 0.05) is 17.3 Å². The van der Waals surface area contributed by atoms with Crippen molar-refractivity contribution in [3.8, 4) is 0 Å². The van der Waals surface area contributed by atoms with Gasteiger partial charge in [-0.15, -0.1) is 0 Å². The van der Waals surface area contributed by atoms with Crippen LogP contribution >= 0.6 is 0 Å². The maximum absolute atomic E-state index is 10.2. The van der Waals surface area contributed by atoms with Crippen LogP contribution in [0.3, 0.4) is 0 Å². The van der Waals surface area contributed by atoms with Crippen LogP contribution in [-0.2, 0) is 4.79 Å². The number of hydrogen-bond acceptors (Lipinski definition) is 4. The first-order valence-corrected chi connectivity index (χ1v) is 3.64. The zero-order valence-corrected chi connectivity index (χ0v) is 6.34. The van der Waals surface area contributed by atoms with Crippen molar-refractivity contribution in [1.29, 1.82) is 0 Å². The molecule has 1 saturated carbocycles. The highest BCUT2D eigenvalue weighted by Crippen LogP contribution is 2.36. The fraction of sp³-hybridized carbons (Fsp3) is 0.833. The first kappa shape index (κ1) is 8.92. The molecule has 0 aromatic carbocycles. The number of nitrogens with two attached hydrogens (primary N) is 1. The molecule has 3 atom stereocenters. The molecule has 0 heterocycles. The molecule has 3 N–H and O–H groups in total. The summed E-state index contributed by atoms with van der Waals surface area (Å²) in [5.41, 5.74) is 5.20. The molecular weight excluding hydrogens is 164 g/mol. The lowest BCUT2D eigenvalue weighted by Crippen LogP contribution is -2.31. The molecule has 0 unspecified atom stereocenters. The summed E-state index contributed by atoms with van der Waals surface area (Å²) in [6, 6.07) is -1.52. The topological polar surface area (TPSA) is 106 Å². The lowest BCUT2D eigenvalue weighted by Gasteiger charge is -2.02. The molecule has 1 aliphatic carbocycles. The van der Waals surface area contributed by atoms with Crippen LogP contribution in [0.2, 0.25) is 0 Å². The average Bonchev–Trinajstić information content (AvgIpc) is 2.67. The molecule has 68 valence electrons. The van der Waals surface area contributed by atoms with Gasteiger partial charge in [-0.25, -0.2) is 0 Å². The van der Waals surface area contributed by atoms with E-state index in [9.17, 15) is 14.9 Å². The molecular formula is C6H10N2O4. The largest absolute Gasteiger partial charge is 0.480 e. The average molecular weight is 174 g/mol. The van der Waals surface area contributed by atoms with E-state index in [1.54, 1.807) is 0 Å². The number of aliphatic carboxylic acids is 1. The van der Waals surface area contributed by atoms with Crippen LogP contribution in [0.4, 0.5) is 0 Å². The molecule has 0 spiro atoms. The predicted molar refractivity (Wildman–Crippen MR) is 39.1 cm³/mol. The van der Waals surface area contributed by atoms with Crippen molar-refractivity contribution in [1.82, 2.24) is 0 Å². The Morgan fingerprint density at radius 2 is 2.42 bits per heavy atom. The standard InChI is InChI=1S/C6H10N2O4/c7-4(6(9)10)1-3-2-5(3)8(11)12/h3-5H,1-2,7H2,(H,9,10)/t3-,4+,5-/m0/s1. The number of nitro groups is 1. The number of rotatable bonds is 4. The molecule has 0 aliphatic heterocycles. The first-order valence-electron chi connectivity index (χ1n) is 3.64. The molecule has 0 radical (unpaired) electrons. The number of carbonyl (C=O) groups is 1. The minimum absolute atomic E-state index is 0.133. The van der Waals surface area contributed by atoms with Crippen molar-refractivity contribution in [3.63, 3.8) is 0 Å². The third-order valence-electron chi connectivity index (χ3n) is 2.03. The Bertz CT molecular complexity index is 218. The Kier molecular flexibility index (Phi) is 2.27. The number of carboxylic acids is 1. The maximum Gasteiger partial charge on any atom is 0.320 e. The molecule has 0 aromatic heterocycles. The van der Waals surface area contributed by atoms with E-state index in [0.717, 1.165) is 0 Å². The summed E-state index contributed by atoms with van der Waals surface area (Å²) in [4.78, 5) is 20.0. The second kappa shape index (κ2) is 3.06. The van der Waals surface area contributed by atoms with Crippen LogP contribution in [0, 0.1) is 16.0 Å². The second-order valence-electron chi connectivity index (χ2n) is 3.03. The monoisotopic (exact) mass is 174 g/mol. The van der Waals surface area contributed by atoms with E-state index < -0.39 is 18.1 Å². The van der Waals surface area contributed by atoms with Crippen LogP contribution in [-0.4, -0.2) is 28.1 Å². The molecule has 1 aliphatic rings. The fourth-order valence-electron chi connectivity index (χ4n) is 1.17. The van der Waals surface area contributed by atoms with Gasteiger partial charge >= 0.3 is 5.97 Å². The normalized spacial score (nSPS) is 29.4. The van der Waals surface area contributed by atoms with Gasteiger partial charge in [-0.1, -0.05) is 0 Å². The van der Waals surface area contributed by atoms with Gasteiger partial charge in [0.2, 0.25) is 6.04 Å². The highest BCUT2D eigenvalue weighted by atomic mass is 16.6. The van der Waals surface area contributed by atoms with E-state index in [1.807, 2.05) is 0 Å². The Balaban J connectivity index is 2.27. The van der Waals surface area contributed by atoms with Crippen molar-refractivity contribution in [2.45, 2.75) is 24.9 Å². The van der Waals surface area contributed by atoms with Gasteiger partial charge in [-0.3, -0.25) is 14.9 Å². The molecule has 0 amide bonds. The van der Waals surface area contributed by atoms with Crippen LogP contribution in [0.25, 0.3) is 0 Å². The SMILES string of the molecule is N[C@H](C[C@H]1C[C@@H]1[N+](=O)[O-])C(=O)O. The van der Waals surface area contributed by atoms with Crippen molar-refractivity contribution < 1.29 is 14.8 Å². The summed E-state index contributed by atoms with van der Waals surface area (Å²) in [5, 5.41) is 18.5. The van der Waals surface area contributed by atoms with Gasteiger partial charge in [0.05, 0.1) is 0 Å². The number of carboxylic acid groups (broad SMARTS) is 1. The maximum atomic E-state index is 10.2. The highest BCUT2D eigenvalue weighted by Gasteiger charge is 2.49. The third kappa shape index (κ3) is 1.91. The lowest BCUT2D eigenvalue weighted by molar-refractivity contribution is -0.498.